The van der Waals surface area contributed by atoms with E-state index in [1.54, 1.807) is 6.92 Å². The highest BCUT2D eigenvalue weighted by atomic mass is 16.2. The quantitative estimate of drug-likeness (QED) is 0.662. The molecule has 0 aliphatic carbocycles. The molecule has 1 saturated heterocycles. The predicted molar refractivity (Wildman–Crippen MR) is 124 cm³/mol. The lowest BCUT2D eigenvalue weighted by molar-refractivity contribution is -0.132. The Balaban J connectivity index is 1.34. The summed E-state index contributed by atoms with van der Waals surface area (Å²) in [7, 11) is 1.45. The van der Waals surface area contributed by atoms with Crippen LogP contribution in [0.1, 0.15) is 41.6 Å². The van der Waals surface area contributed by atoms with Gasteiger partial charge >= 0.3 is 5.69 Å². The summed E-state index contributed by atoms with van der Waals surface area (Å²) in [4.78, 5) is 45.9. The van der Waals surface area contributed by atoms with Gasteiger partial charge in [-0.1, -0.05) is 0 Å². The first-order valence-electron chi connectivity index (χ1n) is 11.2. The van der Waals surface area contributed by atoms with Gasteiger partial charge in [-0.05, 0) is 69.2 Å². The summed E-state index contributed by atoms with van der Waals surface area (Å²) in [5, 5.41) is 0. The van der Waals surface area contributed by atoms with Gasteiger partial charge in [0.1, 0.15) is 0 Å². The second kappa shape index (κ2) is 8.76. The van der Waals surface area contributed by atoms with E-state index in [4.69, 9.17) is 0 Å². The largest absolute Gasteiger partial charge is 0.343 e. The second-order valence-corrected chi connectivity index (χ2v) is 9.04. The third kappa shape index (κ3) is 4.26. The van der Waals surface area contributed by atoms with Crippen LogP contribution in [-0.4, -0.2) is 43.0 Å². The molecule has 8 nitrogen and oxygen atoms in total. The summed E-state index contributed by atoms with van der Waals surface area (Å²) < 4.78 is 3.29. The molecule has 32 heavy (non-hydrogen) atoms. The number of piperidine rings is 1. The van der Waals surface area contributed by atoms with Crippen LogP contribution in [0, 0.1) is 26.7 Å². The Bertz CT molecular complexity index is 1280. The topological polar surface area (TPSA) is 93.0 Å². The summed E-state index contributed by atoms with van der Waals surface area (Å²) in [6, 6.07) is 4.35. The Kier molecular flexibility index (Phi) is 6.04. The zero-order valence-electron chi connectivity index (χ0n) is 19.3. The number of H-pyrrole nitrogens is 1. The normalized spacial score (nSPS) is 14.9. The maximum Gasteiger partial charge on any atom is 0.328 e. The number of aromatic amines is 1. The molecule has 1 aliphatic heterocycles. The fourth-order valence-electron chi connectivity index (χ4n) is 4.56. The van der Waals surface area contributed by atoms with Crippen molar-refractivity contribution in [3.05, 3.63) is 61.7 Å². The highest BCUT2D eigenvalue weighted by Crippen LogP contribution is 2.24. The number of hydrogen-bond acceptors (Lipinski definition) is 4. The van der Waals surface area contributed by atoms with Crippen LogP contribution in [0.2, 0.25) is 0 Å². The number of benzene rings is 1. The molecule has 1 fully saturated rings. The number of aryl methyl sites for hydroxylation is 3. The van der Waals surface area contributed by atoms with Crippen molar-refractivity contribution in [1.29, 1.82) is 0 Å². The van der Waals surface area contributed by atoms with Crippen LogP contribution < -0.4 is 11.2 Å². The lowest BCUT2D eigenvalue weighted by Gasteiger charge is -2.32. The molecule has 2 aromatic heterocycles. The van der Waals surface area contributed by atoms with E-state index >= 15 is 0 Å². The molecule has 0 radical (unpaired) electrons. The highest BCUT2D eigenvalue weighted by Gasteiger charge is 2.24. The predicted octanol–water partition coefficient (Wildman–Crippen LogP) is 2.22. The Morgan fingerprint density at radius 3 is 2.53 bits per heavy atom. The number of aromatic nitrogens is 4. The van der Waals surface area contributed by atoms with Crippen LogP contribution in [0.3, 0.4) is 0 Å². The van der Waals surface area contributed by atoms with Crippen LogP contribution in [0.5, 0.6) is 0 Å². The van der Waals surface area contributed by atoms with Gasteiger partial charge in [-0.3, -0.25) is 14.2 Å². The molecule has 3 aromatic rings. The van der Waals surface area contributed by atoms with Crippen molar-refractivity contribution in [1.82, 2.24) is 24.0 Å². The van der Waals surface area contributed by atoms with Gasteiger partial charge in [0.05, 0.1) is 17.4 Å². The SMILES string of the molecule is Cc1cc2ncn(CC3CCN(C(=O)CCc4c(C)[nH]c(=O)n(C)c4=O)CC3)c2cc1C. The van der Waals surface area contributed by atoms with Gasteiger partial charge in [0.2, 0.25) is 5.91 Å². The maximum atomic E-state index is 12.7. The molecule has 1 aromatic carbocycles. The molecular formula is C24H31N5O3. The average molecular weight is 438 g/mol. The Labute approximate surface area is 186 Å². The minimum Gasteiger partial charge on any atom is -0.343 e. The van der Waals surface area contributed by atoms with Crippen molar-refractivity contribution < 1.29 is 4.79 Å². The Hall–Kier alpha value is -3.16. The lowest BCUT2D eigenvalue weighted by atomic mass is 9.96. The second-order valence-electron chi connectivity index (χ2n) is 9.04. The number of carbonyl (C=O) groups is 1. The van der Waals surface area contributed by atoms with Gasteiger partial charge < -0.3 is 14.5 Å². The molecule has 1 aliphatic rings. The third-order valence-electron chi connectivity index (χ3n) is 6.86. The summed E-state index contributed by atoms with van der Waals surface area (Å²) in [6.07, 6.45) is 4.45. The van der Waals surface area contributed by atoms with Gasteiger partial charge in [0.25, 0.3) is 5.56 Å². The van der Waals surface area contributed by atoms with Crippen LogP contribution in [0.4, 0.5) is 0 Å². The van der Waals surface area contributed by atoms with E-state index in [1.165, 1.54) is 23.7 Å². The van der Waals surface area contributed by atoms with Gasteiger partial charge in [-0.25, -0.2) is 9.78 Å². The number of nitrogens with zero attached hydrogens (tertiary/aromatic N) is 4. The van der Waals surface area contributed by atoms with Crippen LogP contribution in [0.25, 0.3) is 11.0 Å². The fourth-order valence-corrected chi connectivity index (χ4v) is 4.56. The number of nitrogens with one attached hydrogen (secondary N) is 1. The Morgan fingerprint density at radius 2 is 1.81 bits per heavy atom. The molecule has 1 amide bonds. The van der Waals surface area contributed by atoms with Crippen LogP contribution in [-0.2, 0) is 24.8 Å². The maximum absolute atomic E-state index is 12.7. The molecule has 4 rings (SSSR count). The average Bonchev–Trinajstić information content (AvgIpc) is 3.14. The number of rotatable bonds is 5. The number of imidazole rings is 1. The van der Waals surface area contributed by atoms with E-state index in [2.05, 4.69) is 40.5 Å². The van der Waals surface area contributed by atoms with Crippen molar-refractivity contribution in [3.63, 3.8) is 0 Å². The molecule has 0 saturated carbocycles. The third-order valence-corrected chi connectivity index (χ3v) is 6.86. The summed E-state index contributed by atoms with van der Waals surface area (Å²) in [6.45, 7) is 8.32. The van der Waals surface area contributed by atoms with E-state index in [-0.39, 0.29) is 17.9 Å². The molecule has 170 valence electrons. The molecule has 0 atom stereocenters. The lowest BCUT2D eigenvalue weighted by Crippen LogP contribution is -2.40. The zero-order chi connectivity index (χ0) is 23.0. The zero-order valence-corrected chi connectivity index (χ0v) is 19.3. The van der Waals surface area contributed by atoms with Crippen molar-refractivity contribution in [2.45, 2.75) is 53.0 Å². The van der Waals surface area contributed by atoms with E-state index in [9.17, 15) is 14.4 Å². The minimum absolute atomic E-state index is 0.0651. The van der Waals surface area contributed by atoms with Gasteiger partial charge in [0, 0.05) is 44.4 Å². The first-order chi connectivity index (χ1) is 15.2. The van der Waals surface area contributed by atoms with Crippen LogP contribution in [0.15, 0.2) is 28.0 Å². The van der Waals surface area contributed by atoms with Crippen molar-refractivity contribution in [3.8, 4) is 0 Å². The summed E-state index contributed by atoms with van der Waals surface area (Å²) in [5.74, 6) is 0.571. The molecular weight excluding hydrogens is 406 g/mol. The smallest absolute Gasteiger partial charge is 0.328 e. The van der Waals surface area contributed by atoms with E-state index in [0.29, 0.717) is 23.6 Å². The number of carbonyl (C=O) groups excluding carboxylic acids is 1. The van der Waals surface area contributed by atoms with E-state index in [0.717, 1.165) is 42.6 Å². The van der Waals surface area contributed by atoms with E-state index < -0.39 is 5.69 Å². The summed E-state index contributed by atoms with van der Waals surface area (Å²) in [5.41, 5.74) is 5.03. The minimum atomic E-state index is -0.430. The first kappa shape index (κ1) is 22.0. The molecule has 0 spiro atoms. The number of amides is 1. The van der Waals surface area contributed by atoms with Crippen molar-refractivity contribution in [2.75, 3.05) is 13.1 Å². The standard InChI is InChI=1S/C24H31N5O3/c1-15-11-20-21(12-16(15)2)29(14-25-20)13-18-7-9-28(10-8-18)22(30)6-5-19-17(3)26-24(32)27(4)23(19)31/h11-12,14,18H,5-10,13H2,1-4H3,(H,26,32). The molecule has 1 N–H and O–H groups in total. The Morgan fingerprint density at radius 1 is 1.12 bits per heavy atom. The number of hydrogen-bond donors (Lipinski definition) is 1. The number of fused-ring (bicyclic) bond motifs is 1. The van der Waals surface area contributed by atoms with Gasteiger partial charge in [-0.15, -0.1) is 0 Å². The monoisotopic (exact) mass is 437 g/mol. The summed E-state index contributed by atoms with van der Waals surface area (Å²) >= 11 is 0. The van der Waals surface area contributed by atoms with E-state index in [1.807, 2.05) is 11.2 Å². The molecule has 8 heteroatoms. The highest BCUT2D eigenvalue weighted by molar-refractivity contribution is 5.77. The molecule has 0 bridgehead atoms. The molecule has 3 heterocycles. The first-order valence-corrected chi connectivity index (χ1v) is 11.2. The van der Waals surface area contributed by atoms with Gasteiger partial charge in [-0.2, -0.15) is 0 Å². The fraction of sp³-hybridized carbons (Fsp3) is 0.500. The van der Waals surface area contributed by atoms with Crippen molar-refractivity contribution in [2.24, 2.45) is 13.0 Å². The van der Waals surface area contributed by atoms with Crippen molar-refractivity contribution >= 4 is 16.9 Å². The van der Waals surface area contributed by atoms with Gasteiger partial charge in [0.15, 0.2) is 0 Å². The molecule has 0 unspecified atom stereocenters. The van der Waals surface area contributed by atoms with Crippen LogP contribution >= 0.6 is 0 Å². The number of likely N-dealkylation sites (tertiary alicyclic amines) is 1.